The number of hydrogen-bond acceptors (Lipinski definition) is 8. The lowest BCUT2D eigenvalue weighted by Gasteiger charge is -2.27. The molecule has 0 saturated carbocycles. The molecule has 8 heteroatoms. The van der Waals surface area contributed by atoms with Gasteiger partial charge in [0, 0.05) is 0 Å². The van der Waals surface area contributed by atoms with Gasteiger partial charge in [-0.25, -0.2) is 4.79 Å². The third kappa shape index (κ3) is 9.85. The third-order valence-electron chi connectivity index (χ3n) is 6.04. The lowest BCUT2D eigenvalue weighted by molar-refractivity contribution is -0.171. The average molecular weight is 541 g/mol. The molecule has 39 heavy (non-hydrogen) atoms. The average Bonchev–Trinajstić information content (AvgIpc) is 2.90. The van der Waals surface area contributed by atoms with Crippen LogP contribution in [0.1, 0.15) is 64.7 Å². The van der Waals surface area contributed by atoms with Gasteiger partial charge in [-0.15, -0.1) is 0 Å². The number of benzene rings is 2. The van der Waals surface area contributed by atoms with Crippen LogP contribution in [0.5, 0.6) is 0 Å². The topological polar surface area (TPSA) is 105 Å². The summed E-state index contributed by atoms with van der Waals surface area (Å²) in [5.74, 6) is -5.11. The minimum absolute atomic E-state index is 0.0814. The van der Waals surface area contributed by atoms with Crippen molar-refractivity contribution in [2.24, 2.45) is 17.8 Å². The summed E-state index contributed by atoms with van der Waals surface area (Å²) < 4.78 is 21.4. The highest BCUT2D eigenvalue weighted by Gasteiger charge is 2.41. The fourth-order valence-electron chi connectivity index (χ4n) is 4.07. The second-order valence-corrected chi connectivity index (χ2v) is 10.00. The van der Waals surface area contributed by atoms with Crippen LogP contribution in [0.3, 0.4) is 0 Å². The molecule has 0 radical (unpaired) electrons. The molecule has 0 saturated heterocycles. The van der Waals surface area contributed by atoms with E-state index in [0.29, 0.717) is 18.4 Å². The van der Waals surface area contributed by atoms with Crippen LogP contribution < -0.4 is 0 Å². The smallest absolute Gasteiger partial charge is 0.338 e. The first-order valence-electron chi connectivity index (χ1n) is 13.4. The van der Waals surface area contributed by atoms with E-state index in [2.05, 4.69) is 0 Å². The van der Waals surface area contributed by atoms with E-state index in [9.17, 15) is 19.2 Å². The highest BCUT2D eigenvalue weighted by atomic mass is 16.6. The van der Waals surface area contributed by atoms with E-state index in [4.69, 9.17) is 18.9 Å². The number of carbonyl (C=O) groups excluding carboxylic acids is 4. The van der Waals surface area contributed by atoms with Gasteiger partial charge in [-0.1, -0.05) is 62.4 Å². The van der Waals surface area contributed by atoms with Gasteiger partial charge in [0.2, 0.25) is 0 Å². The molecule has 2 aromatic carbocycles. The fourth-order valence-corrected chi connectivity index (χ4v) is 4.07. The Morgan fingerprint density at radius 2 is 1.13 bits per heavy atom. The van der Waals surface area contributed by atoms with Crippen molar-refractivity contribution in [1.29, 1.82) is 0 Å². The molecule has 8 nitrogen and oxygen atoms in total. The number of hydrogen-bond donors (Lipinski definition) is 0. The van der Waals surface area contributed by atoms with Crippen molar-refractivity contribution in [2.45, 2.75) is 66.6 Å². The molecule has 0 N–H and O–H groups in total. The minimum atomic E-state index is -1.04. The van der Waals surface area contributed by atoms with Crippen LogP contribution in [0.2, 0.25) is 0 Å². The van der Waals surface area contributed by atoms with Gasteiger partial charge in [0.05, 0.1) is 48.7 Å². The standard InChI is InChI=1S/C31H40O8/c1-20(2)38-29(33)23(6)27(31(35)39-21(3)4)22(5)28(32)36-18-12-13-19-37-30(34)26-17-11-10-16-25(26)24-14-8-7-9-15-24/h7-11,14-17,20-23,27H,12-13,18-19H2,1-6H3. The van der Waals surface area contributed by atoms with E-state index in [1.54, 1.807) is 53.7 Å². The quantitative estimate of drug-likeness (QED) is 0.173. The SMILES string of the molecule is CC(C)OC(=O)C(C)C(C(=O)OC(C)C)C(C)C(=O)OCCCCOC(=O)c1ccccc1-c1ccccc1. The lowest BCUT2D eigenvalue weighted by Crippen LogP contribution is -2.40. The summed E-state index contributed by atoms with van der Waals surface area (Å²) in [7, 11) is 0. The van der Waals surface area contributed by atoms with Gasteiger partial charge in [-0.05, 0) is 57.7 Å². The van der Waals surface area contributed by atoms with E-state index < -0.39 is 47.7 Å². The van der Waals surface area contributed by atoms with E-state index in [1.807, 2.05) is 42.5 Å². The molecule has 3 atom stereocenters. The second kappa shape index (κ2) is 15.7. The zero-order valence-corrected chi connectivity index (χ0v) is 23.7. The van der Waals surface area contributed by atoms with Gasteiger partial charge >= 0.3 is 23.9 Å². The highest BCUT2D eigenvalue weighted by molar-refractivity contribution is 5.97. The number of unbranched alkanes of at least 4 members (excludes halogenated alkanes) is 1. The van der Waals surface area contributed by atoms with Crippen molar-refractivity contribution in [2.75, 3.05) is 13.2 Å². The van der Waals surface area contributed by atoms with Crippen molar-refractivity contribution >= 4 is 23.9 Å². The summed E-state index contributed by atoms with van der Waals surface area (Å²) in [5.41, 5.74) is 2.20. The Morgan fingerprint density at radius 3 is 1.74 bits per heavy atom. The second-order valence-electron chi connectivity index (χ2n) is 10.00. The highest BCUT2D eigenvalue weighted by Crippen LogP contribution is 2.27. The van der Waals surface area contributed by atoms with E-state index >= 15 is 0 Å². The summed E-state index contributed by atoms with van der Waals surface area (Å²) in [4.78, 5) is 50.7. The van der Waals surface area contributed by atoms with Crippen LogP contribution in [-0.2, 0) is 33.3 Å². The van der Waals surface area contributed by atoms with Crippen molar-refractivity contribution in [3.05, 3.63) is 60.2 Å². The monoisotopic (exact) mass is 540 g/mol. The molecule has 0 fully saturated rings. The zero-order valence-electron chi connectivity index (χ0n) is 23.7. The Hall–Kier alpha value is -3.68. The third-order valence-corrected chi connectivity index (χ3v) is 6.04. The normalized spacial score (nSPS) is 13.3. The first-order chi connectivity index (χ1) is 18.5. The van der Waals surface area contributed by atoms with Crippen LogP contribution in [0.15, 0.2) is 54.6 Å². The van der Waals surface area contributed by atoms with E-state index in [0.717, 1.165) is 11.1 Å². The molecule has 212 valence electrons. The Kier molecular flexibility index (Phi) is 12.7. The molecule has 3 unspecified atom stereocenters. The van der Waals surface area contributed by atoms with Gasteiger partial charge < -0.3 is 18.9 Å². The van der Waals surface area contributed by atoms with Crippen LogP contribution in [0.25, 0.3) is 11.1 Å². The van der Waals surface area contributed by atoms with Gasteiger partial charge in [0.15, 0.2) is 0 Å². The Morgan fingerprint density at radius 1 is 0.615 bits per heavy atom. The van der Waals surface area contributed by atoms with Crippen molar-refractivity contribution in [3.63, 3.8) is 0 Å². The van der Waals surface area contributed by atoms with Gasteiger partial charge in [0.1, 0.15) is 0 Å². The summed E-state index contributed by atoms with van der Waals surface area (Å²) in [6, 6.07) is 16.9. The van der Waals surface area contributed by atoms with E-state index in [1.165, 1.54) is 0 Å². The Bertz CT molecular complexity index is 1090. The number of carbonyl (C=O) groups is 4. The fraction of sp³-hybridized carbons (Fsp3) is 0.484. The molecule has 0 aromatic heterocycles. The first-order valence-corrected chi connectivity index (χ1v) is 13.4. The molecular weight excluding hydrogens is 500 g/mol. The van der Waals surface area contributed by atoms with Gasteiger partial charge in [0.25, 0.3) is 0 Å². The summed E-state index contributed by atoms with van der Waals surface area (Å²) in [6.07, 6.45) is 0.179. The molecular formula is C31H40O8. The Labute approximate surface area is 231 Å². The molecule has 0 aliphatic rings. The number of ether oxygens (including phenoxy) is 4. The molecule has 0 bridgehead atoms. The minimum Gasteiger partial charge on any atom is -0.465 e. The van der Waals surface area contributed by atoms with Crippen LogP contribution in [0.4, 0.5) is 0 Å². The largest absolute Gasteiger partial charge is 0.465 e. The molecule has 0 amide bonds. The molecule has 2 aromatic rings. The van der Waals surface area contributed by atoms with Gasteiger partial charge in [-0.3, -0.25) is 14.4 Å². The molecule has 2 rings (SSSR count). The number of rotatable bonds is 14. The van der Waals surface area contributed by atoms with Crippen molar-refractivity contribution < 1.29 is 38.1 Å². The van der Waals surface area contributed by atoms with Gasteiger partial charge in [-0.2, -0.15) is 0 Å². The molecule has 0 heterocycles. The lowest BCUT2D eigenvalue weighted by atomic mass is 9.83. The maximum atomic E-state index is 12.8. The predicted octanol–water partition coefficient (Wildman–Crippen LogP) is 5.63. The Balaban J connectivity index is 1.87. The summed E-state index contributed by atoms with van der Waals surface area (Å²) in [6.45, 7) is 10.1. The first kappa shape index (κ1) is 31.5. The molecule has 0 aliphatic heterocycles. The van der Waals surface area contributed by atoms with Crippen molar-refractivity contribution in [1.82, 2.24) is 0 Å². The van der Waals surface area contributed by atoms with Crippen LogP contribution >= 0.6 is 0 Å². The molecule has 0 spiro atoms. The summed E-state index contributed by atoms with van der Waals surface area (Å²) >= 11 is 0. The maximum Gasteiger partial charge on any atom is 0.338 e. The number of esters is 4. The van der Waals surface area contributed by atoms with Crippen molar-refractivity contribution in [3.8, 4) is 11.1 Å². The molecule has 0 aliphatic carbocycles. The predicted molar refractivity (Wildman–Crippen MR) is 147 cm³/mol. The maximum absolute atomic E-state index is 12.8. The summed E-state index contributed by atoms with van der Waals surface area (Å²) in [5, 5.41) is 0. The van der Waals surface area contributed by atoms with Crippen LogP contribution in [-0.4, -0.2) is 49.3 Å². The van der Waals surface area contributed by atoms with Crippen LogP contribution in [0, 0.1) is 17.8 Å². The van der Waals surface area contributed by atoms with E-state index in [-0.39, 0.29) is 19.3 Å². The zero-order chi connectivity index (χ0) is 28.9.